The minimum absolute atomic E-state index is 0.192. The van der Waals surface area contributed by atoms with Crippen LogP contribution in [0.3, 0.4) is 0 Å². The Morgan fingerprint density at radius 1 is 1.73 bits per heavy atom. The summed E-state index contributed by atoms with van der Waals surface area (Å²) in [6, 6.07) is 3.21. The molecule has 1 unspecified atom stereocenters. The lowest BCUT2D eigenvalue weighted by Crippen LogP contribution is -2.11. The lowest BCUT2D eigenvalue weighted by Gasteiger charge is -2.07. The van der Waals surface area contributed by atoms with Crippen LogP contribution in [0, 0.1) is 10.1 Å². The minimum Gasteiger partial charge on any atom is -0.393 e. The van der Waals surface area contributed by atoms with Crippen molar-refractivity contribution in [1.29, 1.82) is 0 Å². The Bertz CT molecular complexity index is 341. The van der Waals surface area contributed by atoms with E-state index in [1.165, 1.54) is 6.20 Å². The van der Waals surface area contributed by atoms with Gasteiger partial charge in [0.15, 0.2) is 0 Å². The number of anilines is 1. The van der Waals surface area contributed by atoms with Crippen LogP contribution in [0.15, 0.2) is 18.3 Å². The molecule has 1 heterocycles. The topological polar surface area (TPSA) is 88.3 Å². The molecule has 82 valence electrons. The molecule has 0 aromatic carbocycles. The number of aromatic nitrogens is 1. The van der Waals surface area contributed by atoms with Crippen molar-refractivity contribution >= 4 is 11.5 Å². The molecule has 0 aliphatic rings. The fraction of sp³-hybridized carbons (Fsp3) is 0.444. The van der Waals surface area contributed by atoms with Crippen molar-refractivity contribution < 1.29 is 10.0 Å². The van der Waals surface area contributed by atoms with Crippen molar-refractivity contribution in [3.05, 3.63) is 28.4 Å². The van der Waals surface area contributed by atoms with Gasteiger partial charge in [-0.1, -0.05) is 0 Å². The molecule has 6 heteroatoms. The zero-order valence-electron chi connectivity index (χ0n) is 8.38. The van der Waals surface area contributed by atoms with Crippen LogP contribution in [-0.2, 0) is 0 Å². The summed E-state index contributed by atoms with van der Waals surface area (Å²) in [5.41, 5.74) is 0.378. The smallest absolute Gasteiger partial charge is 0.386 e. The van der Waals surface area contributed by atoms with Crippen LogP contribution >= 0.6 is 0 Å². The largest absolute Gasteiger partial charge is 0.393 e. The standard InChI is InChI=1S/C9H13N3O3/c1-7(13)4-6-10-8-3-2-5-11-9(8)12(14)15/h2-3,5,7,10,13H,4,6H2,1H3. The first-order valence-corrected chi connectivity index (χ1v) is 4.62. The molecule has 0 aliphatic heterocycles. The quantitative estimate of drug-likeness (QED) is 0.563. The number of nitro groups is 1. The van der Waals surface area contributed by atoms with E-state index in [0.29, 0.717) is 18.7 Å². The summed E-state index contributed by atoms with van der Waals surface area (Å²) in [5, 5.41) is 22.5. The number of pyridine rings is 1. The second kappa shape index (κ2) is 5.26. The summed E-state index contributed by atoms with van der Waals surface area (Å²) in [6.07, 6.45) is 1.48. The van der Waals surface area contributed by atoms with Gasteiger partial charge in [0.05, 0.1) is 6.10 Å². The summed E-state index contributed by atoms with van der Waals surface area (Å²) in [5.74, 6) is -0.192. The molecule has 15 heavy (non-hydrogen) atoms. The van der Waals surface area contributed by atoms with E-state index in [2.05, 4.69) is 10.3 Å². The van der Waals surface area contributed by atoms with Crippen LogP contribution in [0.1, 0.15) is 13.3 Å². The van der Waals surface area contributed by atoms with Gasteiger partial charge < -0.3 is 20.5 Å². The average Bonchev–Trinajstić information content (AvgIpc) is 2.17. The average molecular weight is 211 g/mol. The second-order valence-corrected chi connectivity index (χ2v) is 3.20. The Morgan fingerprint density at radius 3 is 3.07 bits per heavy atom. The Hall–Kier alpha value is -1.69. The SMILES string of the molecule is CC(O)CCNc1cccnc1[N+](=O)[O-]. The van der Waals surface area contributed by atoms with Crippen LogP contribution in [0.25, 0.3) is 0 Å². The van der Waals surface area contributed by atoms with E-state index in [-0.39, 0.29) is 5.82 Å². The first-order valence-electron chi connectivity index (χ1n) is 4.62. The molecule has 1 aromatic rings. The van der Waals surface area contributed by atoms with Gasteiger partial charge in [-0.25, -0.2) is 0 Å². The third-order valence-corrected chi connectivity index (χ3v) is 1.84. The van der Waals surface area contributed by atoms with Crippen LogP contribution < -0.4 is 5.32 Å². The fourth-order valence-electron chi connectivity index (χ4n) is 1.10. The number of hydrogen-bond donors (Lipinski definition) is 2. The van der Waals surface area contributed by atoms with Gasteiger partial charge in [-0.05, 0) is 35.4 Å². The van der Waals surface area contributed by atoms with Crippen molar-refractivity contribution in [3.63, 3.8) is 0 Å². The molecule has 6 nitrogen and oxygen atoms in total. The van der Waals surface area contributed by atoms with Crippen LogP contribution in [0.4, 0.5) is 11.5 Å². The van der Waals surface area contributed by atoms with Crippen molar-refractivity contribution in [1.82, 2.24) is 4.98 Å². The molecule has 1 rings (SSSR count). The highest BCUT2D eigenvalue weighted by molar-refractivity contribution is 5.56. The molecule has 0 amide bonds. The molecular weight excluding hydrogens is 198 g/mol. The number of aliphatic hydroxyl groups excluding tert-OH is 1. The van der Waals surface area contributed by atoms with E-state index >= 15 is 0 Å². The maximum absolute atomic E-state index is 10.6. The molecule has 0 fully saturated rings. The minimum atomic E-state index is -0.537. The van der Waals surface area contributed by atoms with Crippen molar-refractivity contribution in [2.45, 2.75) is 19.4 Å². The molecular formula is C9H13N3O3. The first-order chi connectivity index (χ1) is 7.11. The third kappa shape index (κ3) is 3.51. The van der Waals surface area contributed by atoms with Crippen LogP contribution in [-0.4, -0.2) is 27.7 Å². The van der Waals surface area contributed by atoms with Gasteiger partial charge in [0, 0.05) is 6.54 Å². The highest BCUT2D eigenvalue weighted by Gasteiger charge is 2.13. The van der Waals surface area contributed by atoms with E-state index in [0.717, 1.165) is 0 Å². The van der Waals surface area contributed by atoms with Gasteiger partial charge in [-0.2, -0.15) is 0 Å². The predicted octanol–water partition coefficient (Wildman–Crippen LogP) is 1.17. The van der Waals surface area contributed by atoms with Gasteiger partial charge in [-0.3, -0.25) is 0 Å². The molecule has 1 atom stereocenters. The molecule has 1 aromatic heterocycles. The van der Waals surface area contributed by atoms with E-state index in [1.807, 2.05) is 0 Å². The zero-order valence-corrected chi connectivity index (χ0v) is 8.38. The summed E-state index contributed by atoms with van der Waals surface area (Å²) >= 11 is 0. The lowest BCUT2D eigenvalue weighted by molar-refractivity contribution is -0.388. The van der Waals surface area contributed by atoms with Crippen molar-refractivity contribution in [3.8, 4) is 0 Å². The van der Waals surface area contributed by atoms with Gasteiger partial charge in [0.25, 0.3) is 0 Å². The van der Waals surface area contributed by atoms with Crippen LogP contribution in [0.2, 0.25) is 0 Å². The molecule has 0 spiro atoms. The zero-order chi connectivity index (χ0) is 11.3. The normalized spacial score (nSPS) is 12.1. The molecule has 2 N–H and O–H groups in total. The molecule has 0 saturated carbocycles. The summed E-state index contributed by atoms with van der Waals surface area (Å²) in [7, 11) is 0. The van der Waals surface area contributed by atoms with Gasteiger partial charge in [0.1, 0.15) is 11.9 Å². The lowest BCUT2D eigenvalue weighted by atomic mass is 10.3. The maximum atomic E-state index is 10.6. The maximum Gasteiger partial charge on any atom is 0.386 e. The Labute approximate surface area is 87.1 Å². The number of rotatable bonds is 5. The summed E-state index contributed by atoms with van der Waals surface area (Å²) < 4.78 is 0. The molecule has 0 radical (unpaired) electrons. The first kappa shape index (κ1) is 11.4. The Morgan fingerprint density at radius 2 is 2.47 bits per heavy atom. The predicted molar refractivity (Wildman–Crippen MR) is 55.7 cm³/mol. The van der Waals surface area contributed by atoms with E-state index in [9.17, 15) is 10.1 Å². The van der Waals surface area contributed by atoms with E-state index < -0.39 is 11.0 Å². The van der Waals surface area contributed by atoms with Crippen molar-refractivity contribution in [2.75, 3.05) is 11.9 Å². The molecule has 0 bridgehead atoms. The van der Waals surface area contributed by atoms with Gasteiger partial charge >= 0.3 is 5.82 Å². The van der Waals surface area contributed by atoms with Crippen LogP contribution in [0.5, 0.6) is 0 Å². The monoisotopic (exact) mass is 211 g/mol. The number of hydrogen-bond acceptors (Lipinski definition) is 5. The van der Waals surface area contributed by atoms with E-state index in [4.69, 9.17) is 5.11 Å². The van der Waals surface area contributed by atoms with Gasteiger partial charge in [-0.15, -0.1) is 0 Å². The molecule has 0 saturated heterocycles. The number of nitrogens with one attached hydrogen (secondary N) is 1. The highest BCUT2D eigenvalue weighted by Crippen LogP contribution is 2.19. The summed E-state index contributed by atoms with van der Waals surface area (Å²) in [6.45, 7) is 2.14. The van der Waals surface area contributed by atoms with Crippen molar-refractivity contribution in [2.24, 2.45) is 0 Å². The Balaban J connectivity index is 2.63. The summed E-state index contributed by atoms with van der Waals surface area (Å²) in [4.78, 5) is 13.7. The van der Waals surface area contributed by atoms with E-state index in [1.54, 1.807) is 19.1 Å². The molecule has 0 aliphatic carbocycles. The second-order valence-electron chi connectivity index (χ2n) is 3.20. The highest BCUT2D eigenvalue weighted by atomic mass is 16.6. The Kier molecular flexibility index (Phi) is 3.99. The third-order valence-electron chi connectivity index (χ3n) is 1.84. The van der Waals surface area contributed by atoms with Gasteiger partial charge in [0.2, 0.25) is 0 Å². The number of nitrogens with zero attached hydrogens (tertiary/aromatic N) is 2. The number of aliphatic hydroxyl groups is 1. The fourth-order valence-corrected chi connectivity index (χ4v) is 1.10.